The van der Waals surface area contributed by atoms with E-state index in [1.165, 1.54) is 24.4 Å². The third-order valence-electron chi connectivity index (χ3n) is 4.99. The molecule has 0 spiro atoms. The molecule has 162 valence electrons. The van der Waals surface area contributed by atoms with Gasteiger partial charge in [0, 0.05) is 16.6 Å². The van der Waals surface area contributed by atoms with Crippen LogP contribution in [0.2, 0.25) is 5.02 Å². The van der Waals surface area contributed by atoms with Crippen LogP contribution in [-0.4, -0.2) is 25.7 Å². The Hall–Kier alpha value is -2.85. The molecule has 3 aromatic rings. The normalized spacial score (nSPS) is 15.5. The number of aromatic nitrogens is 1. The van der Waals surface area contributed by atoms with Gasteiger partial charge in [-0.25, -0.2) is 13.1 Å². The number of ether oxygens (including phenoxy) is 1. The maximum Gasteiger partial charge on any atom is 0.573 e. The van der Waals surface area contributed by atoms with Gasteiger partial charge in [0.25, 0.3) is 10.0 Å². The highest BCUT2D eigenvalue weighted by atomic mass is 35.5. The fourth-order valence-electron chi connectivity index (χ4n) is 3.40. The number of carbonyl (C=O) groups is 1. The zero-order valence-electron chi connectivity index (χ0n) is 15.6. The van der Waals surface area contributed by atoms with Gasteiger partial charge in [-0.15, -0.1) is 13.2 Å². The van der Waals surface area contributed by atoms with Crippen LogP contribution in [-0.2, 0) is 20.2 Å². The van der Waals surface area contributed by atoms with E-state index in [1.54, 1.807) is 18.2 Å². The van der Waals surface area contributed by atoms with E-state index in [0.29, 0.717) is 10.9 Å². The second kappa shape index (κ2) is 7.38. The first-order valence-corrected chi connectivity index (χ1v) is 10.8. The zero-order chi connectivity index (χ0) is 22.4. The Kier molecular flexibility index (Phi) is 5.09. The van der Waals surface area contributed by atoms with Crippen LogP contribution in [0.5, 0.6) is 5.75 Å². The van der Waals surface area contributed by atoms with Crippen molar-refractivity contribution in [2.45, 2.75) is 29.5 Å². The molecule has 1 fully saturated rings. The minimum absolute atomic E-state index is 0.0360. The van der Waals surface area contributed by atoms with Crippen LogP contribution < -0.4 is 9.46 Å². The number of hydrogen-bond donors (Lipinski definition) is 1. The molecular formula is C20H14ClF3N2O4S. The number of rotatable bonds is 5. The number of carbonyl (C=O) groups excluding carboxylic acids is 1. The first-order valence-electron chi connectivity index (χ1n) is 8.99. The van der Waals surface area contributed by atoms with Gasteiger partial charge >= 0.3 is 6.36 Å². The van der Waals surface area contributed by atoms with E-state index in [0.717, 1.165) is 12.1 Å². The van der Waals surface area contributed by atoms with Gasteiger partial charge in [-0.2, -0.15) is 0 Å². The standard InChI is InChI=1S/C20H14ClF3N2O4S/c21-15-7-6-12(30-20(22,23)24)11-14(15)19(8-9-19)18(27)26-31(28,29)17-5-1-4-16-13(17)3-2-10-25-16/h1-7,10-11H,8-9H2,(H,26,27). The highest BCUT2D eigenvalue weighted by Gasteiger charge is 2.53. The smallest absolute Gasteiger partial charge is 0.406 e. The fourth-order valence-corrected chi connectivity index (χ4v) is 4.96. The van der Waals surface area contributed by atoms with Crippen molar-refractivity contribution in [1.82, 2.24) is 9.71 Å². The summed E-state index contributed by atoms with van der Waals surface area (Å²) in [7, 11) is -4.28. The summed E-state index contributed by atoms with van der Waals surface area (Å²) in [4.78, 5) is 16.9. The predicted molar refractivity (Wildman–Crippen MR) is 106 cm³/mol. The maximum atomic E-state index is 13.0. The quantitative estimate of drug-likeness (QED) is 0.600. The van der Waals surface area contributed by atoms with Gasteiger partial charge < -0.3 is 4.74 Å². The minimum atomic E-state index is -4.92. The summed E-state index contributed by atoms with van der Waals surface area (Å²) in [6, 6.07) is 10.8. The van der Waals surface area contributed by atoms with Gasteiger partial charge in [0.1, 0.15) is 5.75 Å². The molecule has 4 rings (SSSR count). The van der Waals surface area contributed by atoms with E-state index < -0.39 is 33.5 Å². The Morgan fingerprint density at radius 2 is 1.87 bits per heavy atom. The van der Waals surface area contributed by atoms with Crippen molar-refractivity contribution >= 4 is 38.4 Å². The van der Waals surface area contributed by atoms with Crippen molar-refractivity contribution in [1.29, 1.82) is 0 Å². The second-order valence-corrected chi connectivity index (χ2v) is 9.09. The number of alkyl halides is 3. The van der Waals surface area contributed by atoms with Gasteiger partial charge in [0.2, 0.25) is 5.91 Å². The Morgan fingerprint density at radius 3 is 2.55 bits per heavy atom. The average Bonchev–Trinajstić information content (AvgIpc) is 3.49. The van der Waals surface area contributed by atoms with E-state index in [9.17, 15) is 26.4 Å². The van der Waals surface area contributed by atoms with E-state index in [2.05, 4.69) is 9.72 Å². The number of sulfonamides is 1. The molecule has 0 unspecified atom stereocenters. The number of halogens is 4. The molecule has 1 aliphatic rings. The molecule has 0 atom stereocenters. The highest BCUT2D eigenvalue weighted by molar-refractivity contribution is 7.90. The van der Waals surface area contributed by atoms with Crippen molar-refractivity contribution < 1.29 is 31.1 Å². The summed E-state index contributed by atoms with van der Waals surface area (Å²) in [5.74, 6) is -1.42. The lowest BCUT2D eigenvalue weighted by Crippen LogP contribution is -2.39. The fraction of sp³-hybridized carbons (Fsp3) is 0.200. The van der Waals surface area contributed by atoms with Crippen molar-refractivity contribution in [3.05, 3.63) is 65.3 Å². The summed E-state index contributed by atoms with van der Waals surface area (Å²) in [6.07, 6.45) is -2.97. The first-order chi connectivity index (χ1) is 14.5. The molecule has 1 aromatic heterocycles. The third kappa shape index (κ3) is 4.17. The Labute approximate surface area is 180 Å². The lowest BCUT2D eigenvalue weighted by Gasteiger charge is -2.19. The zero-order valence-corrected chi connectivity index (χ0v) is 17.2. The summed E-state index contributed by atoms with van der Waals surface area (Å²) < 4.78 is 69.5. The number of hydrogen-bond acceptors (Lipinski definition) is 5. The summed E-state index contributed by atoms with van der Waals surface area (Å²) in [5.41, 5.74) is -0.861. The first kappa shape index (κ1) is 21.4. The van der Waals surface area contributed by atoms with Crippen LogP contribution in [0.4, 0.5) is 13.2 Å². The van der Waals surface area contributed by atoms with Gasteiger partial charge in [-0.1, -0.05) is 17.7 Å². The number of benzene rings is 2. The number of amides is 1. The Balaban J connectivity index is 1.66. The van der Waals surface area contributed by atoms with Crippen LogP contribution >= 0.6 is 11.6 Å². The molecule has 0 bridgehead atoms. The SMILES string of the molecule is O=C(NS(=O)(=O)c1cccc2ncccc12)C1(c2cc(OC(F)(F)F)ccc2Cl)CC1. The Morgan fingerprint density at radius 1 is 1.13 bits per heavy atom. The topological polar surface area (TPSA) is 85.4 Å². The summed E-state index contributed by atoms with van der Waals surface area (Å²) in [5, 5.41) is 0.364. The van der Waals surface area contributed by atoms with Crippen molar-refractivity contribution in [2.75, 3.05) is 0 Å². The lowest BCUT2D eigenvalue weighted by molar-refractivity contribution is -0.274. The monoisotopic (exact) mass is 470 g/mol. The summed E-state index contributed by atoms with van der Waals surface area (Å²) >= 11 is 6.13. The minimum Gasteiger partial charge on any atom is -0.406 e. The number of nitrogens with zero attached hydrogens (tertiary/aromatic N) is 1. The maximum absolute atomic E-state index is 13.0. The highest BCUT2D eigenvalue weighted by Crippen LogP contribution is 2.52. The molecule has 31 heavy (non-hydrogen) atoms. The van der Waals surface area contributed by atoms with Crippen LogP contribution in [0.3, 0.4) is 0 Å². The molecule has 1 N–H and O–H groups in total. The average molecular weight is 471 g/mol. The van der Waals surface area contributed by atoms with Gasteiger partial charge in [-0.05, 0) is 60.9 Å². The molecule has 11 heteroatoms. The lowest BCUT2D eigenvalue weighted by atomic mass is 9.95. The third-order valence-corrected chi connectivity index (χ3v) is 6.71. The van der Waals surface area contributed by atoms with Gasteiger partial charge in [-0.3, -0.25) is 9.78 Å². The molecule has 6 nitrogen and oxygen atoms in total. The van der Waals surface area contributed by atoms with Crippen molar-refractivity contribution in [3.8, 4) is 5.75 Å². The molecular weight excluding hydrogens is 457 g/mol. The molecule has 2 aromatic carbocycles. The number of nitrogens with one attached hydrogen (secondary N) is 1. The number of fused-ring (bicyclic) bond motifs is 1. The van der Waals surface area contributed by atoms with E-state index >= 15 is 0 Å². The predicted octanol–water partition coefficient (Wildman–Crippen LogP) is 4.32. The molecule has 1 aliphatic carbocycles. The van der Waals surface area contributed by atoms with Gasteiger partial charge in [0.15, 0.2) is 0 Å². The molecule has 0 radical (unpaired) electrons. The number of pyridine rings is 1. The largest absolute Gasteiger partial charge is 0.573 e. The van der Waals surface area contributed by atoms with E-state index in [1.807, 2.05) is 4.72 Å². The molecule has 1 amide bonds. The van der Waals surface area contributed by atoms with Crippen LogP contribution in [0.15, 0.2) is 59.6 Å². The van der Waals surface area contributed by atoms with Crippen LogP contribution in [0.25, 0.3) is 10.9 Å². The van der Waals surface area contributed by atoms with Crippen molar-refractivity contribution in [2.24, 2.45) is 0 Å². The molecule has 1 heterocycles. The molecule has 0 saturated heterocycles. The van der Waals surface area contributed by atoms with Crippen molar-refractivity contribution in [3.63, 3.8) is 0 Å². The Bertz CT molecular complexity index is 1290. The van der Waals surface area contributed by atoms with Crippen LogP contribution in [0, 0.1) is 0 Å². The van der Waals surface area contributed by atoms with Gasteiger partial charge in [0.05, 0.1) is 15.8 Å². The van der Waals surface area contributed by atoms with Crippen LogP contribution in [0.1, 0.15) is 18.4 Å². The molecule has 1 saturated carbocycles. The second-order valence-electron chi connectivity index (χ2n) is 7.03. The van der Waals surface area contributed by atoms with E-state index in [-0.39, 0.29) is 28.3 Å². The van der Waals surface area contributed by atoms with E-state index in [4.69, 9.17) is 11.6 Å². The summed E-state index contributed by atoms with van der Waals surface area (Å²) in [6.45, 7) is 0. The molecule has 0 aliphatic heterocycles.